The molecule has 0 radical (unpaired) electrons. The Morgan fingerprint density at radius 2 is 1.42 bits per heavy atom. The number of aromatic nitrogens is 2. The maximum absolute atomic E-state index is 13.3. The Morgan fingerprint density at radius 3 is 1.93 bits per heavy atom. The first-order chi connectivity index (χ1) is 27.4. The molecular weight excluding hydrogens is 748 g/mol. The smallest absolute Gasteiger partial charge is 0.292 e. The van der Waals surface area contributed by atoms with Crippen LogP contribution in [-0.2, 0) is 23.9 Å². The molecule has 2 aliphatic heterocycles. The molecule has 5 N–H and O–H groups in total. The van der Waals surface area contributed by atoms with Gasteiger partial charge < -0.3 is 40.6 Å². The fourth-order valence-corrected chi connectivity index (χ4v) is 7.59. The molecular formula is C42H59ClN8O6. The van der Waals surface area contributed by atoms with E-state index in [1.165, 1.54) is 7.11 Å². The molecule has 4 atom stereocenters. The first-order valence-electron chi connectivity index (χ1n) is 19.3. The second-order valence-electron chi connectivity index (χ2n) is 14.5. The number of nitrogens with zero attached hydrogens (tertiary/aromatic N) is 4. The highest BCUT2D eigenvalue weighted by atomic mass is 35.5. The summed E-state index contributed by atoms with van der Waals surface area (Å²) in [4.78, 5) is 60.1. The maximum atomic E-state index is 13.3. The van der Waals surface area contributed by atoms with Gasteiger partial charge in [0.1, 0.15) is 5.82 Å². The van der Waals surface area contributed by atoms with E-state index in [-0.39, 0.29) is 54.3 Å². The number of ether oxygens (including phenoxy) is 1. The van der Waals surface area contributed by atoms with Crippen LogP contribution in [0.3, 0.4) is 0 Å². The molecule has 0 spiro atoms. The normalized spacial score (nSPS) is 17.7. The van der Waals surface area contributed by atoms with Gasteiger partial charge in [0, 0.05) is 31.2 Å². The Kier molecular flexibility index (Phi) is 18.9. The lowest BCUT2D eigenvalue weighted by molar-refractivity contribution is -0.136. The lowest BCUT2D eigenvalue weighted by atomic mass is 10.0. The summed E-state index contributed by atoms with van der Waals surface area (Å²) in [6.45, 7) is 14.1. The fourth-order valence-electron chi connectivity index (χ4n) is 7.41. The van der Waals surface area contributed by atoms with Crippen molar-refractivity contribution in [3.63, 3.8) is 0 Å². The first kappa shape index (κ1) is 46.3. The fraction of sp³-hybridized carbons (Fsp3) is 0.476. The minimum Gasteiger partial charge on any atom is -0.483 e. The number of carbonyl (C=O) groups excluding carboxylic acids is 3. The van der Waals surface area contributed by atoms with Crippen LogP contribution < -0.4 is 16.0 Å². The molecule has 0 bridgehead atoms. The van der Waals surface area contributed by atoms with Crippen molar-refractivity contribution in [3.05, 3.63) is 71.3 Å². The van der Waals surface area contributed by atoms with Crippen LogP contribution in [-0.4, -0.2) is 115 Å². The predicted molar refractivity (Wildman–Crippen MR) is 225 cm³/mol. The third-order valence-electron chi connectivity index (χ3n) is 10.3. The van der Waals surface area contributed by atoms with Crippen molar-refractivity contribution in [2.75, 3.05) is 40.8 Å². The number of aromatic amines is 1. The van der Waals surface area contributed by atoms with Crippen molar-refractivity contribution in [2.45, 2.75) is 77.5 Å². The van der Waals surface area contributed by atoms with E-state index in [0.29, 0.717) is 23.9 Å². The molecule has 3 heterocycles. The number of likely N-dealkylation sites (tertiary alicyclic amines) is 2. The number of methoxy groups -OCH3 is 1. The Hall–Kier alpha value is -5.05. The molecule has 3 aromatic rings. The number of carboxylic acid groups (broad SMARTS) is 1. The van der Waals surface area contributed by atoms with Crippen LogP contribution in [0.1, 0.15) is 70.8 Å². The number of benzene rings is 2. The number of rotatable bonds is 15. The summed E-state index contributed by atoms with van der Waals surface area (Å²) >= 11 is 6.56. The molecule has 2 fully saturated rings. The number of likely N-dealkylation sites (N-methyl/N-ethyl adjacent to an activating group) is 2. The SMILES string of the molecule is C=N/C(Cl)=C(\NC[C@@H]1CCCN1C(=O)[C@@H](NC)C(C)C)c1ccc(-c2ccc(-c3cnc(C4CCCN4C(=O)C(NC)C(C)C)[nH]3)cc2)cc1.COC=O.O=CO. The zero-order chi connectivity index (χ0) is 42.1. The van der Waals surface area contributed by atoms with Gasteiger partial charge in [0.2, 0.25) is 11.8 Å². The van der Waals surface area contributed by atoms with Crippen LogP contribution in [0.2, 0.25) is 0 Å². The number of nitrogens with one attached hydrogen (secondary N) is 4. The molecule has 15 heteroatoms. The molecule has 310 valence electrons. The van der Waals surface area contributed by atoms with E-state index in [1.54, 1.807) is 0 Å². The quantitative estimate of drug-likeness (QED) is 0.0745. The molecule has 14 nitrogen and oxygen atoms in total. The highest BCUT2D eigenvalue weighted by Crippen LogP contribution is 2.33. The van der Waals surface area contributed by atoms with Gasteiger partial charge in [0.25, 0.3) is 12.9 Å². The topological polar surface area (TPSA) is 181 Å². The molecule has 57 heavy (non-hydrogen) atoms. The lowest BCUT2D eigenvalue weighted by Crippen LogP contribution is -2.51. The summed E-state index contributed by atoms with van der Waals surface area (Å²) in [7, 11) is 5.01. The highest BCUT2D eigenvalue weighted by Gasteiger charge is 2.36. The number of halogens is 1. The third kappa shape index (κ3) is 12.2. The molecule has 0 saturated carbocycles. The zero-order valence-corrected chi connectivity index (χ0v) is 34.9. The van der Waals surface area contributed by atoms with Crippen molar-refractivity contribution < 1.29 is 29.0 Å². The Bertz CT molecular complexity index is 1780. The number of hydrogen-bond donors (Lipinski definition) is 5. The first-order valence-corrected chi connectivity index (χ1v) is 19.6. The largest absolute Gasteiger partial charge is 0.483 e. The minimum absolute atomic E-state index is 0.0444. The maximum Gasteiger partial charge on any atom is 0.292 e. The summed E-state index contributed by atoms with van der Waals surface area (Å²) in [5.41, 5.74) is 5.69. The summed E-state index contributed by atoms with van der Waals surface area (Å²) in [6.07, 6.45) is 5.64. The summed E-state index contributed by atoms with van der Waals surface area (Å²) in [6, 6.07) is 16.2. The standard InChI is InChI=1S/C39H53ClN8O2.C2H4O2.CH2O2/c1-24(2)33(41-5)38(49)47-20-8-10-30(47)22-44-35(36(40)43-7)29-18-14-27(15-19-29)26-12-16-28(17-13-26)31-23-45-37(46-31)32-11-9-21-48(32)39(50)34(42-6)25(3)4;1-4-2-3;2-1-3/h12-19,23-25,30,32-34,41-42,44H,7-11,20-22H2,1-6H3,(H,45,46);2H,1H3;1H,(H,2,3)/b36-35-;;/t30-,32?,33-,34?;;/m0../s1. The number of amides is 2. The van der Waals surface area contributed by atoms with Gasteiger partial charge in [-0.25, -0.2) is 4.98 Å². The van der Waals surface area contributed by atoms with Crippen LogP contribution in [0.15, 0.2) is 64.9 Å². The molecule has 2 amide bonds. The van der Waals surface area contributed by atoms with Crippen molar-refractivity contribution in [1.82, 2.24) is 35.7 Å². The van der Waals surface area contributed by atoms with Gasteiger partial charge in [-0.2, -0.15) is 0 Å². The average molecular weight is 807 g/mol. The lowest BCUT2D eigenvalue weighted by Gasteiger charge is -2.31. The van der Waals surface area contributed by atoms with E-state index < -0.39 is 0 Å². The number of aliphatic imine (C=N–C) groups is 1. The van der Waals surface area contributed by atoms with Crippen molar-refractivity contribution >= 4 is 48.8 Å². The van der Waals surface area contributed by atoms with Gasteiger partial charge in [-0.05, 0) is 75.0 Å². The summed E-state index contributed by atoms with van der Waals surface area (Å²) in [5, 5.41) is 17.1. The van der Waals surface area contributed by atoms with Gasteiger partial charge in [0.05, 0.1) is 42.8 Å². The second-order valence-corrected chi connectivity index (χ2v) is 14.9. The van der Waals surface area contributed by atoms with E-state index in [2.05, 4.69) is 101 Å². The highest BCUT2D eigenvalue weighted by molar-refractivity contribution is 6.32. The summed E-state index contributed by atoms with van der Waals surface area (Å²) in [5.74, 6) is 1.53. The number of carbonyl (C=O) groups is 4. The van der Waals surface area contributed by atoms with Crippen LogP contribution >= 0.6 is 11.6 Å². The van der Waals surface area contributed by atoms with Crippen molar-refractivity contribution in [1.29, 1.82) is 0 Å². The predicted octanol–water partition coefficient (Wildman–Crippen LogP) is 5.53. The molecule has 1 aromatic heterocycles. The Labute approximate surface area is 341 Å². The van der Waals surface area contributed by atoms with Gasteiger partial charge in [-0.3, -0.25) is 24.2 Å². The molecule has 5 rings (SSSR count). The van der Waals surface area contributed by atoms with Crippen LogP contribution in [0, 0.1) is 11.8 Å². The molecule has 2 unspecified atom stereocenters. The average Bonchev–Trinajstić information content (AvgIpc) is 4.01. The number of hydrogen-bond acceptors (Lipinski definition) is 10. The third-order valence-corrected chi connectivity index (χ3v) is 10.6. The van der Waals surface area contributed by atoms with E-state index in [0.717, 1.165) is 72.5 Å². The van der Waals surface area contributed by atoms with E-state index in [4.69, 9.17) is 31.3 Å². The molecule has 0 aliphatic carbocycles. The van der Waals surface area contributed by atoms with E-state index >= 15 is 0 Å². The van der Waals surface area contributed by atoms with Crippen LogP contribution in [0.4, 0.5) is 0 Å². The second kappa shape index (κ2) is 23.2. The van der Waals surface area contributed by atoms with Crippen molar-refractivity contribution in [3.8, 4) is 22.4 Å². The van der Waals surface area contributed by atoms with Crippen LogP contribution in [0.25, 0.3) is 28.1 Å². The molecule has 2 aromatic carbocycles. The van der Waals surface area contributed by atoms with Gasteiger partial charge >= 0.3 is 0 Å². The van der Waals surface area contributed by atoms with Gasteiger partial charge in [0.15, 0.2) is 5.16 Å². The van der Waals surface area contributed by atoms with E-state index in [9.17, 15) is 9.59 Å². The summed E-state index contributed by atoms with van der Waals surface area (Å²) < 4.78 is 3.86. The van der Waals surface area contributed by atoms with Gasteiger partial charge in [-0.1, -0.05) is 87.8 Å². The minimum atomic E-state index is -0.250. The Balaban J connectivity index is 0.00000115. The molecule has 2 saturated heterocycles. The zero-order valence-electron chi connectivity index (χ0n) is 34.1. The number of H-pyrrole nitrogens is 1. The monoisotopic (exact) mass is 806 g/mol. The Morgan fingerprint density at radius 1 is 0.930 bits per heavy atom. The number of imidazole rings is 1. The van der Waals surface area contributed by atoms with Gasteiger partial charge in [-0.15, -0.1) is 0 Å². The van der Waals surface area contributed by atoms with Crippen molar-refractivity contribution in [2.24, 2.45) is 16.8 Å². The molecule has 2 aliphatic rings. The van der Waals surface area contributed by atoms with E-state index in [1.807, 2.05) is 42.2 Å². The van der Waals surface area contributed by atoms with Crippen LogP contribution in [0.5, 0.6) is 0 Å².